The van der Waals surface area contributed by atoms with E-state index in [1.165, 1.54) is 11.4 Å². The van der Waals surface area contributed by atoms with E-state index < -0.39 is 0 Å². The Morgan fingerprint density at radius 1 is 1.44 bits per heavy atom. The quantitative estimate of drug-likeness (QED) is 0.732. The number of fused-ring (bicyclic) bond motifs is 3. The number of hydrogen-bond acceptors (Lipinski definition) is 2. The van der Waals surface area contributed by atoms with Crippen molar-refractivity contribution in [3.8, 4) is 0 Å². The lowest BCUT2D eigenvalue weighted by Crippen LogP contribution is -2.30. The largest absolute Gasteiger partial charge is 0.323 e. The van der Waals surface area contributed by atoms with Crippen LogP contribution in [0.5, 0.6) is 0 Å². The predicted octanol–water partition coefficient (Wildman–Crippen LogP) is 2.31. The van der Waals surface area contributed by atoms with E-state index in [-0.39, 0.29) is 11.5 Å². The molecule has 2 aromatic heterocycles. The Kier molecular flexibility index (Phi) is 1.89. The monoisotopic (exact) mass is 215 g/mol. The summed E-state index contributed by atoms with van der Waals surface area (Å²) in [6, 6.07) is 6.19. The molecule has 2 heterocycles. The first-order valence-electron chi connectivity index (χ1n) is 5.78. The second-order valence-corrected chi connectivity index (χ2v) is 5.52. The summed E-state index contributed by atoms with van der Waals surface area (Å²) < 4.78 is 2.13. The summed E-state index contributed by atoms with van der Waals surface area (Å²) >= 11 is 0. The zero-order valence-electron chi connectivity index (χ0n) is 9.77. The molecule has 3 nitrogen and oxygen atoms in total. The van der Waals surface area contributed by atoms with E-state index in [2.05, 4.69) is 29.4 Å². The molecular formula is C13H17N3. The molecule has 2 aromatic rings. The maximum Gasteiger partial charge on any atom is 0.137 e. The third-order valence-electron chi connectivity index (χ3n) is 3.41. The molecule has 0 spiro atoms. The molecule has 0 saturated carbocycles. The van der Waals surface area contributed by atoms with E-state index in [1.807, 2.05) is 18.2 Å². The van der Waals surface area contributed by atoms with Crippen LogP contribution in [0.2, 0.25) is 0 Å². The van der Waals surface area contributed by atoms with Crippen molar-refractivity contribution in [2.45, 2.75) is 32.7 Å². The predicted molar refractivity (Wildman–Crippen MR) is 64.2 cm³/mol. The number of nitrogens with two attached hydrogens (primary N) is 1. The highest BCUT2D eigenvalue weighted by Gasteiger charge is 2.33. The molecular weight excluding hydrogens is 198 g/mol. The van der Waals surface area contributed by atoms with E-state index in [0.717, 1.165) is 18.5 Å². The maximum atomic E-state index is 6.27. The first-order chi connectivity index (χ1) is 7.57. The summed E-state index contributed by atoms with van der Waals surface area (Å²) in [6.45, 7) is 4.53. The van der Waals surface area contributed by atoms with Crippen LogP contribution >= 0.6 is 0 Å². The molecule has 1 aliphatic rings. The van der Waals surface area contributed by atoms with Gasteiger partial charge < -0.3 is 10.1 Å². The van der Waals surface area contributed by atoms with Crippen LogP contribution in [0.25, 0.3) is 5.65 Å². The van der Waals surface area contributed by atoms with Crippen molar-refractivity contribution >= 4 is 5.65 Å². The van der Waals surface area contributed by atoms with Crippen LogP contribution in [0, 0.1) is 5.41 Å². The van der Waals surface area contributed by atoms with Crippen molar-refractivity contribution in [2.24, 2.45) is 11.1 Å². The minimum atomic E-state index is 0.108. The first kappa shape index (κ1) is 9.85. The van der Waals surface area contributed by atoms with Gasteiger partial charge in [-0.1, -0.05) is 19.9 Å². The summed E-state index contributed by atoms with van der Waals surface area (Å²) in [5.41, 5.74) is 9.93. The van der Waals surface area contributed by atoms with Crippen LogP contribution in [-0.4, -0.2) is 9.38 Å². The van der Waals surface area contributed by atoms with Gasteiger partial charge in [0.1, 0.15) is 5.65 Å². The molecule has 0 saturated heterocycles. The lowest BCUT2D eigenvalue weighted by atomic mass is 9.76. The number of imidazole rings is 1. The molecule has 0 radical (unpaired) electrons. The van der Waals surface area contributed by atoms with Crippen LogP contribution in [0.15, 0.2) is 24.4 Å². The molecule has 0 amide bonds. The van der Waals surface area contributed by atoms with Gasteiger partial charge in [-0.25, -0.2) is 4.98 Å². The van der Waals surface area contributed by atoms with E-state index in [4.69, 9.17) is 5.73 Å². The summed E-state index contributed by atoms with van der Waals surface area (Å²) in [5, 5.41) is 0. The minimum Gasteiger partial charge on any atom is -0.323 e. The topological polar surface area (TPSA) is 43.3 Å². The van der Waals surface area contributed by atoms with Gasteiger partial charge in [0.05, 0.1) is 11.4 Å². The maximum absolute atomic E-state index is 6.27. The van der Waals surface area contributed by atoms with Gasteiger partial charge in [0.25, 0.3) is 0 Å². The second kappa shape index (κ2) is 3.08. The molecule has 3 rings (SSSR count). The van der Waals surface area contributed by atoms with E-state index in [0.29, 0.717) is 0 Å². The Morgan fingerprint density at radius 2 is 2.25 bits per heavy atom. The Balaban J connectivity index is 2.25. The van der Waals surface area contributed by atoms with Gasteiger partial charge in [0, 0.05) is 12.2 Å². The fourth-order valence-electron chi connectivity index (χ4n) is 2.80. The Bertz CT molecular complexity index is 539. The first-order valence-corrected chi connectivity index (χ1v) is 5.78. The number of hydrogen-bond donors (Lipinski definition) is 1. The molecule has 0 fully saturated rings. The summed E-state index contributed by atoms with van der Waals surface area (Å²) in [5.74, 6) is 0. The van der Waals surface area contributed by atoms with Crippen molar-refractivity contribution < 1.29 is 0 Å². The Morgan fingerprint density at radius 3 is 3.06 bits per heavy atom. The third-order valence-corrected chi connectivity index (χ3v) is 3.41. The molecule has 1 unspecified atom stereocenters. The van der Waals surface area contributed by atoms with Crippen LogP contribution in [0.3, 0.4) is 0 Å². The molecule has 0 aliphatic heterocycles. The highest BCUT2D eigenvalue weighted by molar-refractivity contribution is 5.45. The smallest absolute Gasteiger partial charge is 0.137 e. The second-order valence-electron chi connectivity index (χ2n) is 5.52. The highest BCUT2D eigenvalue weighted by atomic mass is 15.0. The third kappa shape index (κ3) is 1.35. The standard InChI is InChI=1S/C13H17N3/c1-13(2)7-9(14)12-10(8-13)15-11-5-3-4-6-16(11)12/h3-6,9H,7-8,14H2,1-2H3. The minimum absolute atomic E-state index is 0.108. The highest BCUT2D eigenvalue weighted by Crippen LogP contribution is 2.39. The van der Waals surface area contributed by atoms with E-state index in [9.17, 15) is 0 Å². The van der Waals surface area contributed by atoms with Gasteiger partial charge in [-0.15, -0.1) is 0 Å². The van der Waals surface area contributed by atoms with Gasteiger partial charge in [-0.2, -0.15) is 0 Å². The van der Waals surface area contributed by atoms with Crippen LogP contribution in [0.4, 0.5) is 0 Å². The Labute approximate surface area is 95.3 Å². The van der Waals surface area contributed by atoms with E-state index >= 15 is 0 Å². The normalized spacial score (nSPS) is 23.3. The van der Waals surface area contributed by atoms with Gasteiger partial charge in [0.2, 0.25) is 0 Å². The molecule has 0 bridgehead atoms. The molecule has 16 heavy (non-hydrogen) atoms. The lowest BCUT2D eigenvalue weighted by molar-refractivity contribution is 0.276. The number of pyridine rings is 1. The van der Waals surface area contributed by atoms with Crippen molar-refractivity contribution in [3.05, 3.63) is 35.8 Å². The van der Waals surface area contributed by atoms with Gasteiger partial charge in [0.15, 0.2) is 0 Å². The summed E-state index contributed by atoms with van der Waals surface area (Å²) in [6.07, 6.45) is 4.11. The molecule has 84 valence electrons. The average Bonchev–Trinajstić information content (AvgIpc) is 2.52. The lowest BCUT2D eigenvalue weighted by Gasteiger charge is -2.32. The van der Waals surface area contributed by atoms with Gasteiger partial charge in [-0.05, 0) is 30.4 Å². The number of aromatic nitrogens is 2. The fourth-order valence-corrected chi connectivity index (χ4v) is 2.80. The van der Waals surface area contributed by atoms with Crippen molar-refractivity contribution in [3.63, 3.8) is 0 Å². The van der Waals surface area contributed by atoms with E-state index in [1.54, 1.807) is 0 Å². The molecule has 1 aliphatic carbocycles. The van der Waals surface area contributed by atoms with Crippen LogP contribution < -0.4 is 5.73 Å². The summed E-state index contributed by atoms with van der Waals surface area (Å²) in [7, 11) is 0. The Hall–Kier alpha value is -1.35. The van der Waals surface area contributed by atoms with Gasteiger partial charge >= 0.3 is 0 Å². The zero-order chi connectivity index (χ0) is 11.3. The molecule has 1 atom stereocenters. The van der Waals surface area contributed by atoms with Crippen molar-refractivity contribution in [2.75, 3.05) is 0 Å². The fraction of sp³-hybridized carbons (Fsp3) is 0.462. The van der Waals surface area contributed by atoms with Crippen LogP contribution in [0.1, 0.15) is 37.7 Å². The number of rotatable bonds is 0. The van der Waals surface area contributed by atoms with Gasteiger partial charge in [-0.3, -0.25) is 0 Å². The van der Waals surface area contributed by atoms with Crippen molar-refractivity contribution in [1.29, 1.82) is 0 Å². The summed E-state index contributed by atoms with van der Waals surface area (Å²) in [4.78, 5) is 4.68. The molecule has 0 aromatic carbocycles. The SMILES string of the molecule is CC1(C)Cc2nc3ccccn3c2C(N)C1. The van der Waals surface area contributed by atoms with Crippen molar-refractivity contribution in [1.82, 2.24) is 9.38 Å². The average molecular weight is 215 g/mol. The zero-order valence-corrected chi connectivity index (χ0v) is 9.77. The van der Waals surface area contributed by atoms with Crippen LogP contribution in [-0.2, 0) is 6.42 Å². The molecule has 3 heteroatoms. The number of nitrogens with zero attached hydrogens (tertiary/aromatic N) is 2. The molecule has 2 N–H and O–H groups in total.